The van der Waals surface area contributed by atoms with E-state index in [0.717, 1.165) is 4.48 Å². The molecule has 1 fully saturated rings. The Kier molecular flexibility index (Phi) is 5.02. The second kappa shape index (κ2) is 5.70. The van der Waals surface area contributed by atoms with Crippen LogP contribution in [-0.2, 0) is 5.54 Å². The summed E-state index contributed by atoms with van der Waals surface area (Å²) in [6, 6.07) is 11.1. The van der Waals surface area contributed by atoms with Crippen LogP contribution < -0.4 is 24.0 Å². The first-order valence-electron chi connectivity index (χ1n) is 6.43. The van der Waals surface area contributed by atoms with E-state index >= 15 is 0 Å². The predicted octanol–water partition coefficient (Wildman–Crippen LogP) is 0.556. The maximum Gasteiger partial charge on any atom is 0.124 e. The molecule has 0 radical (unpaired) electrons. The van der Waals surface area contributed by atoms with E-state index in [2.05, 4.69) is 51.5 Å². The standard InChI is InChI=1S/C15H24N.HI/c1-16(2,3)15(12-8-5-9-13-15)14-10-6-4-7-11-14;/h4,6-7,10-11H,5,8-9,12-13H2,1-3H3;1H/q+1;/p-1. The van der Waals surface area contributed by atoms with Gasteiger partial charge in [-0.1, -0.05) is 36.8 Å². The fourth-order valence-corrected chi connectivity index (χ4v) is 3.23. The van der Waals surface area contributed by atoms with Crippen molar-refractivity contribution in [2.75, 3.05) is 21.1 Å². The summed E-state index contributed by atoms with van der Waals surface area (Å²) in [6.07, 6.45) is 6.84. The third-order valence-electron chi connectivity index (χ3n) is 4.28. The number of hydrogen-bond donors (Lipinski definition) is 0. The number of halogens is 1. The minimum absolute atomic E-state index is 0. The number of rotatable bonds is 2. The summed E-state index contributed by atoms with van der Waals surface area (Å²) in [5.74, 6) is 0. The van der Waals surface area contributed by atoms with Crippen molar-refractivity contribution in [3.63, 3.8) is 0 Å². The van der Waals surface area contributed by atoms with Crippen LogP contribution in [0.4, 0.5) is 0 Å². The van der Waals surface area contributed by atoms with Crippen LogP contribution in [-0.4, -0.2) is 25.6 Å². The Hall–Kier alpha value is -0.0900. The van der Waals surface area contributed by atoms with Crippen molar-refractivity contribution in [1.29, 1.82) is 0 Å². The van der Waals surface area contributed by atoms with Gasteiger partial charge in [0.05, 0.1) is 21.1 Å². The van der Waals surface area contributed by atoms with Gasteiger partial charge >= 0.3 is 0 Å². The molecule has 0 heterocycles. The molecule has 0 bridgehead atoms. The first-order chi connectivity index (χ1) is 7.56. The van der Waals surface area contributed by atoms with Gasteiger partial charge in [0.25, 0.3) is 0 Å². The van der Waals surface area contributed by atoms with Gasteiger partial charge in [-0.05, 0) is 12.8 Å². The molecular formula is C15H24IN. The summed E-state index contributed by atoms with van der Waals surface area (Å²) in [5, 5.41) is 0. The zero-order valence-corrected chi connectivity index (χ0v) is 13.4. The SMILES string of the molecule is C[N+](C)(C)C1(c2ccccc2)CCCCC1.[I-]. The van der Waals surface area contributed by atoms with Crippen LogP contribution in [0.2, 0.25) is 0 Å². The molecule has 0 spiro atoms. The Morgan fingerprint density at radius 3 is 1.88 bits per heavy atom. The number of hydrogen-bond acceptors (Lipinski definition) is 0. The lowest BCUT2D eigenvalue weighted by Crippen LogP contribution is -3.00. The predicted molar refractivity (Wildman–Crippen MR) is 69.2 cm³/mol. The summed E-state index contributed by atoms with van der Waals surface area (Å²) >= 11 is 0. The quantitative estimate of drug-likeness (QED) is 0.543. The lowest BCUT2D eigenvalue weighted by atomic mass is 9.74. The molecule has 96 valence electrons. The summed E-state index contributed by atoms with van der Waals surface area (Å²) in [6.45, 7) is 0. The van der Waals surface area contributed by atoms with E-state index in [1.54, 1.807) is 0 Å². The highest BCUT2D eigenvalue weighted by atomic mass is 127. The molecule has 1 aliphatic rings. The topological polar surface area (TPSA) is 0 Å². The summed E-state index contributed by atoms with van der Waals surface area (Å²) in [7, 11) is 7.04. The molecule has 1 aromatic carbocycles. The molecule has 2 heteroatoms. The Labute approximate surface area is 123 Å². The fraction of sp³-hybridized carbons (Fsp3) is 0.600. The molecule has 1 saturated carbocycles. The van der Waals surface area contributed by atoms with Gasteiger partial charge in [-0.3, -0.25) is 0 Å². The minimum Gasteiger partial charge on any atom is -1.00 e. The van der Waals surface area contributed by atoms with Crippen LogP contribution in [0.1, 0.15) is 37.7 Å². The molecular weight excluding hydrogens is 321 g/mol. The molecule has 0 N–H and O–H groups in total. The van der Waals surface area contributed by atoms with Crippen LogP contribution in [0.15, 0.2) is 30.3 Å². The Balaban J connectivity index is 0.00000144. The number of benzene rings is 1. The Bertz CT molecular complexity index is 334. The van der Waals surface area contributed by atoms with Crippen molar-refractivity contribution in [3.8, 4) is 0 Å². The maximum absolute atomic E-state index is 2.35. The third-order valence-corrected chi connectivity index (χ3v) is 4.28. The molecule has 0 aliphatic heterocycles. The number of quaternary nitrogens is 1. The average Bonchev–Trinajstić information content (AvgIpc) is 2.30. The van der Waals surface area contributed by atoms with Gasteiger partial charge in [-0.25, -0.2) is 0 Å². The van der Waals surface area contributed by atoms with Crippen molar-refractivity contribution >= 4 is 0 Å². The van der Waals surface area contributed by atoms with Gasteiger partial charge in [0.2, 0.25) is 0 Å². The second-order valence-electron chi connectivity index (χ2n) is 5.97. The highest BCUT2D eigenvalue weighted by Gasteiger charge is 2.44. The molecule has 0 amide bonds. The molecule has 0 atom stereocenters. The fourth-order valence-electron chi connectivity index (χ4n) is 3.23. The van der Waals surface area contributed by atoms with Crippen molar-refractivity contribution < 1.29 is 28.5 Å². The third kappa shape index (κ3) is 2.84. The van der Waals surface area contributed by atoms with E-state index in [9.17, 15) is 0 Å². The molecule has 2 rings (SSSR count). The molecule has 17 heavy (non-hydrogen) atoms. The monoisotopic (exact) mass is 345 g/mol. The van der Waals surface area contributed by atoms with Crippen molar-refractivity contribution in [2.45, 2.75) is 37.6 Å². The van der Waals surface area contributed by atoms with Crippen LogP contribution in [0.25, 0.3) is 0 Å². The summed E-state index contributed by atoms with van der Waals surface area (Å²) in [5.41, 5.74) is 1.88. The minimum atomic E-state index is 0. The average molecular weight is 345 g/mol. The molecule has 1 aromatic rings. The second-order valence-corrected chi connectivity index (χ2v) is 5.97. The van der Waals surface area contributed by atoms with E-state index in [1.165, 1.54) is 37.7 Å². The van der Waals surface area contributed by atoms with E-state index < -0.39 is 0 Å². The maximum atomic E-state index is 2.35. The van der Waals surface area contributed by atoms with Crippen LogP contribution in [0, 0.1) is 0 Å². The smallest absolute Gasteiger partial charge is 0.124 e. The molecule has 1 nitrogen and oxygen atoms in total. The molecule has 0 aromatic heterocycles. The molecule has 0 saturated heterocycles. The first kappa shape index (κ1) is 15.0. The van der Waals surface area contributed by atoms with E-state index in [-0.39, 0.29) is 24.0 Å². The lowest BCUT2D eigenvalue weighted by molar-refractivity contribution is -0.934. The Morgan fingerprint density at radius 1 is 0.882 bits per heavy atom. The first-order valence-corrected chi connectivity index (χ1v) is 6.43. The van der Waals surface area contributed by atoms with E-state index in [4.69, 9.17) is 0 Å². The van der Waals surface area contributed by atoms with Crippen molar-refractivity contribution in [2.24, 2.45) is 0 Å². The largest absolute Gasteiger partial charge is 1.00 e. The Morgan fingerprint density at radius 2 is 1.41 bits per heavy atom. The zero-order valence-electron chi connectivity index (χ0n) is 11.2. The van der Waals surface area contributed by atoms with Crippen LogP contribution in [0.3, 0.4) is 0 Å². The van der Waals surface area contributed by atoms with Gasteiger partial charge in [-0.15, -0.1) is 0 Å². The molecule has 1 aliphatic carbocycles. The highest BCUT2D eigenvalue weighted by Crippen LogP contribution is 2.43. The van der Waals surface area contributed by atoms with Gasteiger partial charge in [0, 0.05) is 18.4 Å². The summed E-state index contributed by atoms with van der Waals surface area (Å²) < 4.78 is 1.05. The van der Waals surface area contributed by atoms with Crippen molar-refractivity contribution in [3.05, 3.63) is 35.9 Å². The zero-order chi connectivity index (χ0) is 11.6. The van der Waals surface area contributed by atoms with Gasteiger partial charge in [-0.2, -0.15) is 0 Å². The van der Waals surface area contributed by atoms with Crippen LogP contribution in [0.5, 0.6) is 0 Å². The molecule has 0 unspecified atom stereocenters. The van der Waals surface area contributed by atoms with Gasteiger partial charge < -0.3 is 28.5 Å². The lowest BCUT2D eigenvalue weighted by Gasteiger charge is -2.49. The number of nitrogens with zero attached hydrogens (tertiary/aromatic N) is 1. The van der Waals surface area contributed by atoms with E-state index in [0.29, 0.717) is 5.54 Å². The highest BCUT2D eigenvalue weighted by molar-refractivity contribution is 5.23. The summed E-state index contributed by atoms with van der Waals surface area (Å²) in [4.78, 5) is 0. The van der Waals surface area contributed by atoms with E-state index in [1.807, 2.05) is 0 Å². The van der Waals surface area contributed by atoms with Gasteiger partial charge in [0.1, 0.15) is 5.54 Å². The van der Waals surface area contributed by atoms with Gasteiger partial charge in [0.15, 0.2) is 0 Å². The van der Waals surface area contributed by atoms with Crippen LogP contribution >= 0.6 is 0 Å². The normalized spacial score (nSPS) is 19.5. The van der Waals surface area contributed by atoms with Crippen molar-refractivity contribution in [1.82, 2.24) is 0 Å².